The van der Waals surface area contributed by atoms with Gasteiger partial charge in [-0.1, -0.05) is 6.92 Å². The quantitative estimate of drug-likeness (QED) is 0.752. The summed E-state index contributed by atoms with van der Waals surface area (Å²) in [6, 6.07) is 0. The summed E-state index contributed by atoms with van der Waals surface area (Å²) in [7, 11) is 0. The lowest BCUT2D eigenvalue weighted by Crippen LogP contribution is -2.39. The molecule has 4 heteroatoms. The summed E-state index contributed by atoms with van der Waals surface area (Å²) < 4.78 is 11.2. The molecule has 0 amide bonds. The highest BCUT2D eigenvalue weighted by molar-refractivity contribution is 4.81. The third-order valence-electron chi connectivity index (χ3n) is 4.08. The van der Waals surface area contributed by atoms with Crippen molar-refractivity contribution >= 4 is 0 Å². The van der Waals surface area contributed by atoms with E-state index in [2.05, 4.69) is 12.2 Å². The zero-order chi connectivity index (χ0) is 12.1. The Balaban J connectivity index is 1.62. The fraction of sp³-hybridized carbons (Fsp3) is 1.00. The van der Waals surface area contributed by atoms with Gasteiger partial charge in [-0.15, -0.1) is 0 Å². The van der Waals surface area contributed by atoms with Crippen molar-refractivity contribution in [1.82, 2.24) is 5.32 Å². The van der Waals surface area contributed by atoms with Crippen LogP contribution in [0.4, 0.5) is 0 Å². The molecular weight excluding hydrogens is 216 g/mol. The minimum atomic E-state index is 0.292. The van der Waals surface area contributed by atoms with Gasteiger partial charge in [0.1, 0.15) is 0 Å². The van der Waals surface area contributed by atoms with Crippen LogP contribution in [0.25, 0.3) is 0 Å². The third kappa shape index (κ3) is 3.91. The molecule has 100 valence electrons. The Morgan fingerprint density at radius 3 is 2.59 bits per heavy atom. The lowest BCUT2D eigenvalue weighted by molar-refractivity contribution is 0.0187. The second-order valence-electron chi connectivity index (χ2n) is 5.75. The Morgan fingerprint density at radius 1 is 1.24 bits per heavy atom. The van der Waals surface area contributed by atoms with Crippen molar-refractivity contribution in [3.8, 4) is 0 Å². The summed E-state index contributed by atoms with van der Waals surface area (Å²) in [5, 5.41) is 3.56. The highest BCUT2D eigenvalue weighted by Crippen LogP contribution is 2.28. The van der Waals surface area contributed by atoms with Gasteiger partial charge < -0.3 is 20.5 Å². The van der Waals surface area contributed by atoms with E-state index >= 15 is 0 Å². The number of rotatable bonds is 5. The maximum Gasteiger partial charge on any atom is 0.0704 e. The first-order valence-corrected chi connectivity index (χ1v) is 6.86. The van der Waals surface area contributed by atoms with Gasteiger partial charge >= 0.3 is 0 Å². The zero-order valence-corrected chi connectivity index (χ0v) is 10.9. The van der Waals surface area contributed by atoms with Gasteiger partial charge in [0, 0.05) is 32.8 Å². The Kier molecular flexibility index (Phi) is 4.79. The maximum absolute atomic E-state index is 5.82. The topological polar surface area (TPSA) is 56.5 Å². The number of nitrogens with two attached hydrogens (primary N) is 1. The molecule has 0 aliphatic carbocycles. The fourth-order valence-corrected chi connectivity index (χ4v) is 2.68. The summed E-state index contributed by atoms with van der Waals surface area (Å²) >= 11 is 0. The predicted molar refractivity (Wildman–Crippen MR) is 68.0 cm³/mol. The zero-order valence-electron chi connectivity index (χ0n) is 10.9. The number of nitrogens with one attached hydrogen (secondary N) is 1. The van der Waals surface area contributed by atoms with Crippen molar-refractivity contribution in [3.63, 3.8) is 0 Å². The van der Waals surface area contributed by atoms with E-state index in [9.17, 15) is 0 Å². The molecule has 2 unspecified atom stereocenters. The lowest BCUT2D eigenvalue weighted by atomic mass is 9.82. The Morgan fingerprint density at radius 2 is 1.94 bits per heavy atom. The largest absolute Gasteiger partial charge is 0.381 e. The van der Waals surface area contributed by atoms with E-state index in [1.165, 1.54) is 0 Å². The normalized spacial score (nSPS) is 32.8. The van der Waals surface area contributed by atoms with Crippen LogP contribution in [0.2, 0.25) is 0 Å². The molecule has 0 spiro atoms. The summed E-state index contributed by atoms with van der Waals surface area (Å²) in [5.74, 6) is 0. The van der Waals surface area contributed by atoms with E-state index in [1.807, 2.05) is 0 Å². The third-order valence-corrected chi connectivity index (χ3v) is 4.08. The highest BCUT2D eigenvalue weighted by atomic mass is 16.5. The minimum absolute atomic E-state index is 0.292. The molecule has 0 radical (unpaired) electrons. The molecule has 0 bridgehead atoms. The molecule has 2 saturated heterocycles. The van der Waals surface area contributed by atoms with Crippen LogP contribution in [-0.4, -0.2) is 45.1 Å². The lowest BCUT2D eigenvalue weighted by Gasteiger charge is -2.34. The van der Waals surface area contributed by atoms with Crippen molar-refractivity contribution in [2.24, 2.45) is 11.1 Å². The molecule has 2 aliphatic heterocycles. The van der Waals surface area contributed by atoms with Crippen molar-refractivity contribution in [3.05, 3.63) is 0 Å². The second-order valence-corrected chi connectivity index (χ2v) is 5.75. The van der Waals surface area contributed by atoms with E-state index in [0.717, 1.165) is 52.0 Å². The molecule has 2 rings (SSSR count). The monoisotopic (exact) mass is 242 g/mol. The SMILES string of the molecule is CC1(CNCC2CCC(CN)O2)CCOCC1. The first-order chi connectivity index (χ1) is 8.22. The van der Waals surface area contributed by atoms with Crippen LogP contribution in [0.15, 0.2) is 0 Å². The number of ether oxygens (including phenoxy) is 2. The summed E-state index contributed by atoms with van der Waals surface area (Å²) in [6.07, 6.45) is 5.25. The van der Waals surface area contributed by atoms with E-state index in [1.54, 1.807) is 0 Å². The fourth-order valence-electron chi connectivity index (χ4n) is 2.68. The predicted octanol–water partition coefficient (Wildman–Crippen LogP) is 0.899. The Bertz CT molecular complexity index is 229. The van der Waals surface area contributed by atoms with Gasteiger partial charge in [0.25, 0.3) is 0 Å². The molecule has 2 aliphatic rings. The highest BCUT2D eigenvalue weighted by Gasteiger charge is 2.28. The molecule has 3 N–H and O–H groups in total. The standard InChI is InChI=1S/C13H26N2O2/c1-13(4-6-16-7-5-13)10-15-9-12-3-2-11(8-14)17-12/h11-12,15H,2-10,14H2,1H3. The van der Waals surface area contributed by atoms with Crippen LogP contribution in [0.5, 0.6) is 0 Å². The van der Waals surface area contributed by atoms with Crippen molar-refractivity contribution in [1.29, 1.82) is 0 Å². The second kappa shape index (κ2) is 6.14. The van der Waals surface area contributed by atoms with Crippen LogP contribution in [-0.2, 0) is 9.47 Å². The van der Waals surface area contributed by atoms with Gasteiger partial charge in [-0.3, -0.25) is 0 Å². The number of hydrogen-bond acceptors (Lipinski definition) is 4. The molecule has 17 heavy (non-hydrogen) atoms. The first-order valence-electron chi connectivity index (χ1n) is 6.86. The molecule has 0 aromatic heterocycles. The Labute approximate surface area is 104 Å². The van der Waals surface area contributed by atoms with Crippen LogP contribution in [0.1, 0.15) is 32.6 Å². The summed E-state index contributed by atoms with van der Waals surface area (Å²) in [4.78, 5) is 0. The van der Waals surface area contributed by atoms with Crippen LogP contribution in [0.3, 0.4) is 0 Å². The number of hydrogen-bond donors (Lipinski definition) is 2. The van der Waals surface area contributed by atoms with Gasteiger partial charge in [-0.05, 0) is 31.1 Å². The van der Waals surface area contributed by atoms with Gasteiger partial charge in [-0.2, -0.15) is 0 Å². The summed E-state index contributed by atoms with van der Waals surface area (Å²) in [5.41, 5.74) is 6.01. The van der Waals surface area contributed by atoms with Gasteiger partial charge in [0.05, 0.1) is 12.2 Å². The van der Waals surface area contributed by atoms with Gasteiger partial charge in [0.15, 0.2) is 0 Å². The van der Waals surface area contributed by atoms with E-state index in [0.29, 0.717) is 24.2 Å². The molecular formula is C13H26N2O2. The smallest absolute Gasteiger partial charge is 0.0704 e. The maximum atomic E-state index is 5.82. The molecule has 2 fully saturated rings. The summed E-state index contributed by atoms with van der Waals surface area (Å²) in [6.45, 7) is 6.86. The molecule has 0 saturated carbocycles. The van der Waals surface area contributed by atoms with E-state index in [-0.39, 0.29) is 0 Å². The van der Waals surface area contributed by atoms with Crippen LogP contribution in [0, 0.1) is 5.41 Å². The molecule has 2 atom stereocenters. The van der Waals surface area contributed by atoms with Crippen LogP contribution >= 0.6 is 0 Å². The van der Waals surface area contributed by atoms with Gasteiger partial charge in [-0.25, -0.2) is 0 Å². The van der Waals surface area contributed by atoms with Crippen molar-refractivity contribution < 1.29 is 9.47 Å². The molecule has 0 aromatic rings. The molecule has 4 nitrogen and oxygen atoms in total. The van der Waals surface area contributed by atoms with Gasteiger partial charge in [0.2, 0.25) is 0 Å². The van der Waals surface area contributed by atoms with Crippen molar-refractivity contribution in [2.45, 2.75) is 44.8 Å². The molecule has 2 heterocycles. The average Bonchev–Trinajstić information content (AvgIpc) is 2.78. The van der Waals surface area contributed by atoms with Crippen LogP contribution < -0.4 is 11.1 Å². The first kappa shape index (κ1) is 13.3. The van der Waals surface area contributed by atoms with E-state index in [4.69, 9.17) is 15.2 Å². The molecule has 0 aromatic carbocycles. The minimum Gasteiger partial charge on any atom is -0.381 e. The average molecular weight is 242 g/mol. The Hall–Kier alpha value is -0.160. The van der Waals surface area contributed by atoms with E-state index < -0.39 is 0 Å². The van der Waals surface area contributed by atoms with Crippen molar-refractivity contribution in [2.75, 3.05) is 32.8 Å².